The monoisotopic (exact) mass is 181 g/mol. The van der Waals surface area contributed by atoms with E-state index in [1.165, 1.54) is 0 Å². The molecule has 0 fully saturated rings. The Bertz CT molecular complexity index is 223. The van der Waals surface area contributed by atoms with Crippen LogP contribution in [0.1, 0.15) is 0 Å². The van der Waals surface area contributed by atoms with Gasteiger partial charge in [0.1, 0.15) is 0 Å². The van der Waals surface area contributed by atoms with E-state index in [1.54, 1.807) is 0 Å². The van der Waals surface area contributed by atoms with E-state index in [0.717, 1.165) is 0 Å². The number of carbonyl (C=O) groups excluding carboxylic acids is 1. The molecule has 1 amide bonds. The highest BCUT2D eigenvalue weighted by Crippen LogP contribution is 1.73. The van der Waals surface area contributed by atoms with Crippen molar-refractivity contribution in [1.29, 1.82) is 0 Å². The van der Waals surface area contributed by atoms with Gasteiger partial charge in [-0.1, -0.05) is 0 Å². The van der Waals surface area contributed by atoms with E-state index >= 15 is 0 Å². The molecule has 5 N–H and O–H groups in total. The Morgan fingerprint density at radius 2 is 2.00 bits per heavy atom. The van der Waals surface area contributed by atoms with Gasteiger partial charge in [0, 0.05) is 6.54 Å². The fraction of sp³-hybridized carbons (Fsp3) is 0.750. The third-order valence-electron chi connectivity index (χ3n) is 0.894. The Morgan fingerprint density at radius 3 is 2.36 bits per heavy atom. The molecule has 0 saturated heterocycles. The molecule has 0 radical (unpaired) electrons. The summed E-state index contributed by atoms with van der Waals surface area (Å²) in [6.45, 7) is -0.139. The van der Waals surface area contributed by atoms with Gasteiger partial charge in [-0.3, -0.25) is 4.79 Å². The summed E-state index contributed by atoms with van der Waals surface area (Å²) >= 11 is 0. The molecule has 0 saturated carbocycles. The van der Waals surface area contributed by atoms with E-state index in [-0.39, 0.29) is 18.8 Å². The first kappa shape index (κ1) is 10.3. The zero-order chi connectivity index (χ0) is 8.91. The largest absolute Gasteiger partial charge is 0.354 e. The number of sulfonamides is 1. The summed E-state index contributed by atoms with van der Waals surface area (Å²) in [4.78, 5) is 10.4. The van der Waals surface area contributed by atoms with Gasteiger partial charge in [-0.25, -0.2) is 13.6 Å². The van der Waals surface area contributed by atoms with Gasteiger partial charge in [-0.2, -0.15) is 0 Å². The molecule has 0 aliphatic rings. The van der Waals surface area contributed by atoms with Crippen LogP contribution < -0.4 is 16.2 Å². The van der Waals surface area contributed by atoms with E-state index in [9.17, 15) is 13.2 Å². The molecule has 0 aliphatic carbocycles. The van der Waals surface area contributed by atoms with Gasteiger partial charge < -0.3 is 11.1 Å². The van der Waals surface area contributed by atoms with Crippen LogP contribution >= 0.6 is 0 Å². The van der Waals surface area contributed by atoms with Crippen LogP contribution in [-0.4, -0.2) is 33.2 Å². The van der Waals surface area contributed by atoms with E-state index < -0.39 is 15.9 Å². The molecule has 0 aromatic rings. The first-order chi connectivity index (χ1) is 4.95. The number of amides is 1. The smallest absolute Gasteiger partial charge is 0.233 e. The van der Waals surface area contributed by atoms with Crippen LogP contribution in [0.2, 0.25) is 0 Å². The average molecular weight is 181 g/mol. The Balaban J connectivity index is 3.51. The standard InChI is InChI=1S/C4H11N3O3S/c5-3-4(8)7-1-2-11(6,9)10/h1-3,5H2,(H,7,8)(H2,6,9,10). The SMILES string of the molecule is NCC(=O)NCCS(N)(=O)=O. The first-order valence-corrected chi connectivity index (χ1v) is 4.64. The topological polar surface area (TPSA) is 115 Å². The minimum Gasteiger partial charge on any atom is -0.354 e. The molecule has 0 bridgehead atoms. The van der Waals surface area contributed by atoms with Gasteiger partial charge >= 0.3 is 0 Å². The minimum absolute atomic E-state index is 0.00880. The fourth-order valence-corrected chi connectivity index (χ4v) is 0.791. The maximum Gasteiger partial charge on any atom is 0.233 e. The van der Waals surface area contributed by atoms with Gasteiger partial charge in [0.25, 0.3) is 0 Å². The molecule has 66 valence electrons. The van der Waals surface area contributed by atoms with Crippen molar-refractivity contribution >= 4 is 15.9 Å². The molecular weight excluding hydrogens is 170 g/mol. The first-order valence-electron chi connectivity index (χ1n) is 2.93. The van der Waals surface area contributed by atoms with Crippen LogP contribution in [0.5, 0.6) is 0 Å². The fourth-order valence-electron chi connectivity index (χ4n) is 0.405. The summed E-state index contributed by atoms with van der Waals surface area (Å²) in [7, 11) is -3.48. The molecule has 11 heavy (non-hydrogen) atoms. The number of carbonyl (C=O) groups is 1. The van der Waals surface area contributed by atoms with Crippen LogP contribution in [0.15, 0.2) is 0 Å². The van der Waals surface area contributed by atoms with Gasteiger partial charge in [0.05, 0.1) is 12.3 Å². The quantitative estimate of drug-likeness (QED) is 0.439. The molecule has 0 spiro atoms. The van der Waals surface area contributed by atoms with Crippen molar-refractivity contribution in [1.82, 2.24) is 5.32 Å². The van der Waals surface area contributed by atoms with Crippen molar-refractivity contribution in [2.45, 2.75) is 0 Å². The minimum atomic E-state index is -3.48. The van der Waals surface area contributed by atoms with Crippen molar-refractivity contribution in [2.75, 3.05) is 18.8 Å². The van der Waals surface area contributed by atoms with Crippen LogP contribution in [0.3, 0.4) is 0 Å². The van der Waals surface area contributed by atoms with Crippen LogP contribution in [0.4, 0.5) is 0 Å². The zero-order valence-electron chi connectivity index (χ0n) is 5.91. The Hall–Kier alpha value is -0.660. The summed E-state index contributed by atoms with van der Waals surface area (Å²) in [6, 6.07) is 0. The summed E-state index contributed by atoms with van der Waals surface area (Å²) in [5.41, 5.74) is 4.93. The van der Waals surface area contributed by atoms with Gasteiger partial charge in [0.2, 0.25) is 15.9 Å². The number of nitrogens with two attached hydrogens (primary N) is 2. The molecule has 0 aromatic carbocycles. The summed E-state index contributed by atoms with van der Waals surface area (Å²) in [5, 5.41) is 6.92. The maximum atomic E-state index is 10.4. The number of primary sulfonamides is 1. The molecule has 0 heterocycles. The molecule has 7 heteroatoms. The highest BCUT2D eigenvalue weighted by molar-refractivity contribution is 7.89. The predicted molar refractivity (Wildman–Crippen MR) is 40.0 cm³/mol. The number of hydrogen-bond donors (Lipinski definition) is 3. The number of hydrogen-bond acceptors (Lipinski definition) is 4. The lowest BCUT2D eigenvalue weighted by Gasteiger charge is -2.00. The Labute approximate surface area is 65.0 Å². The normalized spacial score (nSPS) is 11.1. The van der Waals surface area contributed by atoms with Gasteiger partial charge in [-0.05, 0) is 0 Å². The molecular formula is C4H11N3O3S. The second kappa shape index (κ2) is 4.27. The summed E-state index contributed by atoms with van der Waals surface area (Å²) in [5.74, 6) is -0.660. The van der Waals surface area contributed by atoms with E-state index in [1.807, 2.05) is 0 Å². The van der Waals surface area contributed by atoms with Crippen molar-refractivity contribution in [3.05, 3.63) is 0 Å². The molecule has 6 nitrogen and oxygen atoms in total. The lowest BCUT2D eigenvalue weighted by molar-refractivity contribution is -0.119. The molecule has 0 aromatic heterocycles. The summed E-state index contributed by atoms with van der Waals surface area (Å²) < 4.78 is 20.6. The van der Waals surface area contributed by atoms with Gasteiger partial charge in [0.15, 0.2) is 0 Å². The van der Waals surface area contributed by atoms with Crippen LogP contribution in [0, 0.1) is 0 Å². The lowest BCUT2D eigenvalue weighted by atomic mass is 10.6. The highest BCUT2D eigenvalue weighted by Gasteiger charge is 2.02. The third-order valence-corrected chi connectivity index (χ3v) is 1.67. The third kappa shape index (κ3) is 7.23. The van der Waals surface area contributed by atoms with E-state index in [0.29, 0.717) is 0 Å². The maximum absolute atomic E-state index is 10.4. The van der Waals surface area contributed by atoms with Crippen molar-refractivity contribution in [3.63, 3.8) is 0 Å². The summed E-state index contributed by atoms with van der Waals surface area (Å²) in [6.07, 6.45) is 0. The second-order valence-electron chi connectivity index (χ2n) is 1.92. The second-order valence-corrected chi connectivity index (χ2v) is 3.66. The number of rotatable bonds is 4. The van der Waals surface area contributed by atoms with Crippen molar-refractivity contribution < 1.29 is 13.2 Å². The molecule has 0 aliphatic heterocycles. The lowest BCUT2D eigenvalue weighted by Crippen LogP contribution is -2.35. The highest BCUT2D eigenvalue weighted by atomic mass is 32.2. The van der Waals surface area contributed by atoms with Crippen LogP contribution in [-0.2, 0) is 14.8 Å². The predicted octanol–water partition coefficient (Wildman–Crippen LogP) is -2.65. The average Bonchev–Trinajstić information content (AvgIpc) is 1.85. The van der Waals surface area contributed by atoms with Crippen molar-refractivity contribution in [3.8, 4) is 0 Å². The molecule has 0 atom stereocenters. The van der Waals surface area contributed by atoms with E-state index in [4.69, 9.17) is 5.73 Å². The molecule has 0 unspecified atom stereocenters. The molecule has 0 rings (SSSR count). The van der Waals surface area contributed by atoms with Crippen LogP contribution in [0.25, 0.3) is 0 Å². The van der Waals surface area contributed by atoms with Crippen molar-refractivity contribution in [2.24, 2.45) is 10.9 Å². The van der Waals surface area contributed by atoms with E-state index in [2.05, 4.69) is 10.5 Å². The van der Waals surface area contributed by atoms with Gasteiger partial charge in [-0.15, -0.1) is 0 Å². The zero-order valence-corrected chi connectivity index (χ0v) is 6.73. The Morgan fingerprint density at radius 1 is 1.45 bits per heavy atom. The number of nitrogens with one attached hydrogen (secondary N) is 1. The Kier molecular flexibility index (Phi) is 4.01.